The zero-order chi connectivity index (χ0) is 47.8. The van der Waals surface area contributed by atoms with Crippen LogP contribution in [0.3, 0.4) is 0 Å². The SMILES string of the molecule is CCCCCCCCC/C=C\CCCCCCCCCC(=O)NC(COP(=O)([O-])OCC[N+](C)(C)C)C(O)/C=C/CC/C=C/CC/C=C/CCCCCCCCCCCCCCCCC. The van der Waals surface area contributed by atoms with Crippen molar-refractivity contribution in [2.45, 2.75) is 264 Å². The first-order chi connectivity index (χ1) is 31.5. The summed E-state index contributed by atoms with van der Waals surface area (Å²) >= 11 is 0. The Balaban J connectivity index is 4.33. The highest BCUT2D eigenvalue weighted by atomic mass is 31.2. The van der Waals surface area contributed by atoms with Gasteiger partial charge in [-0.1, -0.05) is 223 Å². The molecule has 0 saturated carbocycles. The summed E-state index contributed by atoms with van der Waals surface area (Å²) in [5, 5.41) is 13.8. The van der Waals surface area contributed by atoms with Crippen LogP contribution in [0.25, 0.3) is 0 Å². The number of hydrogen-bond donors (Lipinski definition) is 2. The molecule has 0 saturated heterocycles. The number of aliphatic hydroxyl groups excluding tert-OH is 1. The van der Waals surface area contributed by atoms with Gasteiger partial charge in [0.1, 0.15) is 13.2 Å². The van der Waals surface area contributed by atoms with Gasteiger partial charge in [-0.15, -0.1) is 0 Å². The first-order valence-electron chi connectivity index (χ1n) is 27.5. The summed E-state index contributed by atoms with van der Waals surface area (Å²) < 4.78 is 23.3. The van der Waals surface area contributed by atoms with E-state index in [4.69, 9.17) is 9.05 Å². The van der Waals surface area contributed by atoms with Gasteiger partial charge in [0.15, 0.2) is 0 Å². The number of unbranched alkanes of at least 4 members (excludes halogenated alkanes) is 31. The predicted octanol–water partition coefficient (Wildman–Crippen LogP) is 15.7. The molecule has 0 aliphatic carbocycles. The molecule has 2 N–H and O–H groups in total. The van der Waals surface area contributed by atoms with E-state index in [0.29, 0.717) is 17.4 Å². The van der Waals surface area contributed by atoms with E-state index in [0.717, 1.165) is 44.9 Å². The van der Waals surface area contributed by atoms with Crippen molar-refractivity contribution in [2.24, 2.45) is 0 Å². The zero-order valence-electron chi connectivity index (χ0n) is 43.4. The van der Waals surface area contributed by atoms with Gasteiger partial charge in [-0.3, -0.25) is 9.36 Å². The van der Waals surface area contributed by atoms with Crippen molar-refractivity contribution < 1.29 is 32.9 Å². The number of carbonyl (C=O) groups is 1. The maximum atomic E-state index is 12.9. The van der Waals surface area contributed by atoms with Gasteiger partial charge < -0.3 is 28.8 Å². The molecule has 0 spiro atoms. The quantitative estimate of drug-likeness (QED) is 0.0272. The third-order valence-electron chi connectivity index (χ3n) is 12.2. The average Bonchev–Trinajstić information content (AvgIpc) is 3.26. The molecule has 0 aromatic rings. The third-order valence-corrected chi connectivity index (χ3v) is 13.2. The fourth-order valence-corrected chi connectivity index (χ4v) is 8.61. The van der Waals surface area contributed by atoms with Crippen LogP contribution in [0.2, 0.25) is 0 Å². The molecule has 0 rings (SSSR count). The molecule has 0 heterocycles. The van der Waals surface area contributed by atoms with Crippen LogP contribution in [0.15, 0.2) is 48.6 Å². The van der Waals surface area contributed by atoms with E-state index in [1.54, 1.807) is 6.08 Å². The van der Waals surface area contributed by atoms with Crippen LogP contribution in [-0.2, 0) is 18.4 Å². The molecule has 0 fully saturated rings. The van der Waals surface area contributed by atoms with Crippen LogP contribution >= 0.6 is 7.82 Å². The molecule has 0 aliphatic rings. The van der Waals surface area contributed by atoms with Crippen LogP contribution < -0.4 is 10.2 Å². The molecular weight excluding hydrogens is 828 g/mol. The smallest absolute Gasteiger partial charge is 0.268 e. The topological polar surface area (TPSA) is 108 Å². The lowest BCUT2D eigenvalue weighted by atomic mass is 10.0. The molecule has 0 aromatic carbocycles. The van der Waals surface area contributed by atoms with E-state index in [9.17, 15) is 19.4 Å². The molecule has 9 heteroatoms. The minimum atomic E-state index is -4.61. The van der Waals surface area contributed by atoms with Crippen LogP contribution in [0.4, 0.5) is 0 Å². The van der Waals surface area contributed by atoms with E-state index < -0.39 is 26.6 Å². The van der Waals surface area contributed by atoms with Crippen LogP contribution in [0, 0.1) is 0 Å². The minimum Gasteiger partial charge on any atom is -0.756 e. The molecule has 382 valence electrons. The zero-order valence-corrected chi connectivity index (χ0v) is 44.3. The summed E-state index contributed by atoms with van der Waals surface area (Å²) in [7, 11) is 1.23. The molecular formula is C56H107N2O6P. The monoisotopic (exact) mass is 935 g/mol. The summed E-state index contributed by atoms with van der Waals surface area (Å²) in [4.78, 5) is 25.4. The lowest BCUT2D eigenvalue weighted by Crippen LogP contribution is -2.45. The van der Waals surface area contributed by atoms with Crippen molar-refractivity contribution in [3.63, 3.8) is 0 Å². The number of phosphoric acid groups is 1. The molecule has 3 atom stereocenters. The number of likely N-dealkylation sites (N-methyl/N-ethyl adjacent to an activating group) is 1. The number of rotatable bonds is 50. The number of hydrogen-bond acceptors (Lipinski definition) is 6. The number of carbonyl (C=O) groups excluding carboxylic acids is 1. The maximum absolute atomic E-state index is 12.9. The summed E-state index contributed by atoms with van der Waals surface area (Å²) in [5.41, 5.74) is 0. The Hall–Kier alpha value is -1.54. The van der Waals surface area contributed by atoms with Gasteiger partial charge in [0.05, 0.1) is 39.9 Å². The number of allylic oxidation sites excluding steroid dienone is 7. The van der Waals surface area contributed by atoms with E-state index >= 15 is 0 Å². The number of amides is 1. The van der Waals surface area contributed by atoms with Crippen molar-refractivity contribution in [3.05, 3.63) is 48.6 Å². The number of quaternary nitrogens is 1. The lowest BCUT2D eigenvalue weighted by Gasteiger charge is -2.29. The van der Waals surface area contributed by atoms with Crippen molar-refractivity contribution in [2.75, 3.05) is 40.9 Å². The van der Waals surface area contributed by atoms with Gasteiger partial charge in [-0.25, -0.2) is 0 Å². The average molecular weight is 935 g/mol. The van der Waals surface area contributed by atoms with Crippen LogP contribution in [0.1, 0.15) is 251 Å². The number of nitrogens with one attached hydrogen (secondary N) is 1. The van der Waals surface area contributed by atoms with E-state index in [2.05, 4.69) is 55.6 Å². The predicted molar refractivity (Wildman–Crippen MR) is 279 cm³/mol. The Kier molecular flexibility index (Phi) is 46.4. The normalized spacial score (nSPS) is 14.4. The highest BCUT2D eigenvalue weighted by Gasteiger charge is 2.23. The van der Waals surface area contributed by atoms with Gasteiger partial charge in [-0.2, -0.15) is 0 Å². The molecule has 1 amide bonds. The second kappa shape index (κ2) is 47.5. The van der Waals surface area contributed by atoms with Gasteiger partial charge >= 0.3 is 0 Å². The molecule has 0 bridgehead atoms. The summed E-state index contributed by atoms with van der Waals surface area (Å²) in [6, 6.07) is -0.913. The number of phosphoric ester groups is 1. The molecule has 0 radical (unpaired) electrons. The van der Waals surface area contributed by atoms with Gasteiger partial charge in [0.2, 0.25) is 5.91 Å². The van der Waals surface area contributed by atoms with Crippen LogP contribution in [-0.4, -0.2) is 68.5 Å². The van der Waals surface area contributed by atoms with E-state index in [-0.39, 0.29) is 12.5 Å². The Morgan fingerprint density at radius 1 is 0.523 bits per heavy atom. The largest absolute Gasteiger partial charge is 0.756 e. The summed E-state index contributed by atoms with van der Waals surface area (Å²) in [6.07, 6.45) is 61.8. The fraction of sp³-hybridized carbons (Fsp3) is 0.839. The lowest BCUT2D eigenvalue weighted by molar-refractivity contribution is -0.870. The van der Waals surface area contributed by atoms with Crippen molar-refractivity contribution in [3.8, 4) is 0 Å². The standard InChI is InChI=1S/C56H107N2O6P/c1-6-8-10-12-14-16-18-20-22-24-26-27-28-29-30-31-32-33-35-37-39-41-43-45-47-49-55(59)54(53-64-65(61,62)63-52-51-58(3,4)5)57-56(60)50-48-46-44-42-40-38-36-34-25-23-21-19-17-15-13-11-9-7-2/h23,25,32-33,39,41,47,49,54-55,59H,6-22,24,26-31,34-38,40,42-46,48,50-53H2,1-5H3,(H-,57,60,61,62)/b25-23-,33-32+,41-39+,49-47+. The first kappa shape index (κ1) is 63.5. The Bertz CT molecular complexity index is 1200. The molecule has 3 unspecified atom stereocenters. The number of nitrogens with zero attached hydrogens (tertiary/aromatic N) is 1. The molecule has 65 heavy (non-hydrogen) atoms. The summed E-state index contributed by atoms with van der Waals surface area (Å²) in [6.45, 7) is 4.63. The van der Waals surface area contributed by atoms with Crippen molar-refractivity contribution >= 4 is 13.7 Å². The number of aliphatic hydroxyl groups is 1. The van der Waals surface area contributed by atoms with E-state index in [1.807, 2.05) is 27.2 Å². The van der Waals surface area contributed by atoms with Gasteiger partial charge in [0, 0.05) is 6.42 Å². The molecule has 0 aromatic heterocycles. The summed E-state index contributed by atoms with van der Waals surface area (Å²) in [5.74, 6) is -0.215. The highest BCUT2D eigenvalue weighted by molar-refractivity contribution is 7.45. The van der Waals surface area contributed by atoms with Gasteiger partial charge in [-0.05, 0) is 70.6 Å². The Morgan fingerprint density at radius 2 is 0.862 bits per heavy atom. The molecule has 0 aliphatic heterocycles. The highest BCUT2D eigenvalue weighted by Crippen LogP contribution is 2.38. The van der Waals surface area contributed by atoms with Crippen molar-refractivity contribution in [1.82, 2.24) is 5.32 Å². The molecule has 8 nitrogen and oxygen atoms in total. The maximum Gasteiger partial charge on any atom is 0.268 e. The van der Waals surface area contributed by atoms with Crippen LogP contribution in [0.5, 0.6) is 0 Å². The minimum absolute atomic E-state index is 0.0104. The van der Waals surface area contributed by atoms with E-state index in [1.165, 1.54) is 186 Å². The fourth-order valence-electron chi connectivity index (χ4n) is 7.89. The Labute approximate surface area is 403 Å². The van der Waals surface area contributed by atoms with Crippen molar-refractivity contribution in [1.29, 1.82) is 0 Å². The first-order valence-corrected chi connectivity index (χ1v) is 29.0. The van der Waals surface area contributed by atoms with Gasteiger partial charge in [0.25, 0.3) is 7.82 Å². The second-order valence-corrected chi connectivity index (χ2v) is 21.3. The Morgan fingerprint density at radius 3 is 1.25 bits per heavy atom. The third kappa shape index (κ3) is 50.2. The second-order valence-electron chi connectivity index (χ2n) is 19.9.